The number of hydrogen-bond donors (Lipinski definition) is 2. The topological polar surface area (TPSA) is 88.6 Å². The molecule has 0 amide bonds. The Morgan fingerprint density at radius 3 is 2.47 bits per heavy atom. The molecule has 0 atom stereocenters. The lowest BCUT2D eigenvalue weighted by atomic mass is 10.1. The fourth-order valence-electron chi connectivity index (χ4n) is 1.93. The molecular formula is C13H13NO5. The third kappa shape index (κ3) is 2.37. The first-order chi connectivity index (χ1) is 9.06. The summed E-state index contributed by atoms with van der Waals surface area (Å²) in [6, 6.07) is 4.89. The Balaban J connectivity index is 2.76. The van der Waals surface area contributed by atoms with Crippen LogP contribution in [0.5, 0.6) is 11.5 Å². The zero-order valence-corrected chi connectivity index (χ0v) is 10.5. The molecule has 0 aliphatic carbocycles. The number of hydrogen-bond acceptors (Lipinski definition) is 4. The van der Waals surface area contributed by atoms with Crippen LogP contribution in [0.25, 0.3) is 10.9 Å². The van der Waals surface area contributed by atoms with Gasteiger partial charge in [0.25, 0.3) is 5.56 Å². The number of aliphatic carboxylic acids is 1. The number of benzene rings is 1. The smallest absolute Gasteiger partial charge is 0.308 e. The predicted octanol–water partition coefficient (Wildman–Crippen LogP) is 1.17. The van der Waals surface area contributed by atoms with E-state index in [0.29, 0.717) is 22.4 Å². The minimum absolute atomic E-state index is 0.173. The number of pyridine rings is 1. The highest BCUT2D eigenvalue weighted by Crippen LogP contribution is 2.31. The Bertz CT molecular complexity index is 689. The van der Waals surface area contributed by atoms with E-state index in [0.717, 1.165) is 0 Å². The number of aromatic nitrogens is 1. The van der Waals surface area contributed by atoms with Crippen molar-refractivity contribution in [3.8, 4) is 11.5 Å². The molecule has 0 unspecified atom stereocenters. The molecule has 2 aromatic rings. The molecule has 0 saturated carbocycles. The van der Waals surface area contributed by atoms with Gasteiger partial charge in [-0.05, 0) is 18.2 Å². The SMILES string of the molecule is COc1ccc(OC)c2[nH]c(=O)c(CC(=O)O)cc12. The largest absolute Gasteiger partial charge is 0.496 e. The second kappa shape index (κ2) is 5.01. The van der Waals surface area contributed by atoms with Gasteiger partial charge in [-0.25, -0.2) is 0 Å². The lowest BCUT2D eigenvalue weighted by molar-refractivity contribution is -0.136. The normalized spacial score (nSPS) is 10.4. The van der Waals surface area contributed by atoms with Crippen LogP contribution >= 0.6 is 0 Å². The molecule has 0 bridgehead atoms. The maximum atomic E-state index is 11.8. The van der Waals surface area contributed by atoms with Crippen LogP contribution < -0.4 is 15.0 Å². The van der Waals surface area contributed by atoms with Crippen LogP contribution in [0, 0.1) is 0 Å². The Morgan fingerprint density at radius 1 is 1.26 bits per heavy atom. The zero-order chi connectivity index (χ0) is 14.0. The lowest BCUT2D eigenvalue weighted by Crippen LogP contribution is -2.16. The van der Waals surface area contributed by atoms with Crippen LogP contribution in [0.1, 0.15) is 5.56 Å². The summed E-state index contributed by atoms with van der Waals surface area (Å²) in [5, 5.41) is 9.39. The van der Waals surface area contributed by atoms with Crippen LogP contribution in [-0.4, -0.2) is 30.3 Å². The fraction of sp³-hybridized carbons (Fsp3) is 0.231. The van der Waals surface area contributed by atoms with Crippen LogP contribution in [0.3, 0.4) is 0 Å². The first-order valence-corrected chi connectivity index (χ1v) is 5.55. The molecule has 0 aliphatic rings. The lowest BCUT2D eigenvalue weighted by Gasteiger charge is -2.10. The first-order valence-electron chi connectivity index (χ1n) is 5.55. The number of nitrogens with one attached hydrogen (secondary N) is 1. The summed E-state index contributed by atoms with van der Waals surface area (Å²) in [7, 11) is 2.99. The maximum Gasteiger partial charge on any atom is 0.308 e. The minimum atomic E-state index is -1.06. The van der Waals surface area contributed by atoms with E-state index in [4.69, 9.17) is 14.6 Å². The van der Waals surface area contributed by atoms with Crippen molar-refractivity contribution >= 4 is 16.9 Å². The van der Waals surface area contributed by atoms with Gasteiger partial charge in [0.1, 0.15) is 11.5 Å². The van der Waals surface area contributed by atoms with Crippen LogP contribution in [-0.2, 0) is 11.2 Å². The number of rotatable bonds is 4. The quantitative estimate of drug-likeness (QED) is 0.864. The molecule has 0 saturated heterocycles. The summed E-state index contributed by atoms with van der Waals surface area (Å²) in [5.74, 6) is -0.0276. The summed E-state index contributed by atoms with van der Waals surface area (Å²) in [6.45, 7) is 0. The molecule has 0 radical (unpaired) electrons. The monoisotopic (exact) mass is 263 g/mol. The van der Waals surface area contributed by atoms with E-state index in [2.05, 4.69) is 4.98 Å². The van der Waals surface area contributed by atoms with Crippen molar-refractivity contribution in [2.75, 3.05) is 14.2 Å². The highest BCUT2D eigenvalue weighted by molar-refractivity contribution is 5.90. The van der Waals surface area contributed by atoms with E-state index in [1.165, 1.54) is 20.3 Å². The molecule has 2 N–H and O–H groups in total. The van der Waals surface area contributed by atoms with Crippen molar-refractivity contribution in [1.29, 1.82) is 0 Å². The average Bonchev–Trinajstić information content (AvgIpc) is 2.38. The first kappa shape index (κ1) is 12.9. The minimum Gasteiger partial charge on any atom is -0.496 e. The number of carbonyl (C=O) groups is 1. The Labute approximate surface area is 108 Å². The van der Waals surface area contributed by atoms with E-state index in [-0.39, 0.29) is 12.0 Å². The number of H-pyrrole nitrogens is 1. The van der Waals surface area contributed by atoms with E-state index in [9.17, 15) is 9.59 Å². The van der Waals surface area contributed by atoms with Gasteiger partial charge in [0.15, 0.2) is 0 Å². The van der Waals surface area contributed by atoms with Gasteiger partial charge in [-0.3, -0.25) is 9.59 Å². The number of fused-ring (bicyclic) bond motifs is 1. The van der Waals surface area contributed by atoms with Gasteiger partial charge in [0.05, 0.1) is 26.2 Å². The van der Waals surface area contributed by atoms with Gasteiger partial charge in [0, 0.05) is 10.9 Å². The predicted molar refractivity (Wildman–Crippen MR) is 69.0 cm³/mol. The van der Waals surface area contributed by atoms with Crippen LogP contribution in [0.2, 0.25) is 0 Å². The van der Waals surface area contributed by atoms with Gasteiger partial charge in [-0.15, -0.1) is 0 Å². The van der Waals surface area contributed by atoms with E-state index >= 15 is 0 Å². The van der Waals surface area contributed by atoms with Crippen molar-refractivity contribution in [2.24, 2.45) is 0 Å². The molecule has 100 valence electrons. The van der Waals surface area contributed by atoms with E-state index in [1.807, 2.05) is 0 Å². The summed E-state index contributed by atoms with van der Waals surface area (Å²) in [4.78, 5) is 25.2. The number of carboxylic acids is 1. The molecule has 0 aliphatic heterocycles. The van der Waals surface area contributed by atoms with Crippen molar-refractivity contribution in [1.82, 2.24) is 4.98 Å². The number of carboxylic acid groups (broad SMARTS) is 1. The van der Waals surface area contributed by atoms with Crippen LogP contribution in [0.15, 0.2) is 23.0 Å². The van der Waals surface area contributed by atoms with Gasteiger partial charge >= 0.3 is 5.97 Å². The number of ether oxygens (including phenoxy) is 2. The van der Waals surface area contributed by atoms with Crippen molar-refractivity contribution < 1.29 is 19.4 Å². The standard InChI is InChI=1S/C13H13NO5/c1-18-9-3-4-10(19-2)12-8(9)5-7(6-11(15)16)13(17)14-12/h3-5H,6H2,1-2H3,(H,14,17)(H,15,16). The zero-order valence-electron chi connectivity index (χ0n) is 10.5. The average molecular weight is 263 g/mol. The molecule has 19 heavy (non-hydrogen) atoms. The molecular weight excluding hydrogens is 250 g/mol. The summed E-state index contributed by atoms with van der Waals surface area (Å²) < 4.78 is 10.4. The number of methoxy groups -OCH3 is 2. The third-order valence-electron chi connectivity index (χ3n) is 2.80. The molecule has 1 heterocycles. The highest BCUT2D eigenvalue weighted by atomic mass is 16.5. The summed E-state index contributed by atoms with van der Waals surface area (Å²) >= 11 is 0. The molecule has 0 fully saturated rings. The molecule has 2 rings (SSSR count). The Kier molecular flexibility index (Phi) is 3.41. The molecule has 6 nitrogen and oxygen atoms in total. The maximum absolute atomic E-state index is 11.8. The molecule has 1 aromatic heterocycles. The molecule has 6 heteroatoms. The Morgan fingerprint density at radius 2 is 1.89 bits per heavy atom. The van der Waals surface area contributed by atoms with Gasteiger partial charge in [-0.2, -0.15) is 0 Å². The van der Waals surface area contributed by atoms with Gasteiger partial charge < -0.3 is 19.6 Å². The highest BCUT2D eigenvalue weighted by Gasteiger charge is 2.13. The number of aromatic amines is 1. The second-order valence-electron chi connectivity index (χ2n) is 3.95. The van der Waals surface area contributed by atoms with Gasteiger partial charge in [-0.1, -0.05) is 0 Å². The molecule has 1 aromatic carbocycles. The summed E-state index contributed by atoms with van der Waals surface area (Å²) in [5.41, 5.74) is 0.217. The summed E-state index contributed by atoms with van der Waals surface area (Å²) in [6.07, 6.45) is -0.342. The second-order valence-corrected chi connectivity index (χ2v) is 3.95. The van der Waals surface area contributed by atoms with Crippen LogP contribution in [0.4, 0.5) is 0 Å². The van der Waals surface area contributed by atoms with Crippen molar-refractivity contribution in [3.05, 3.63) is 34.1 Å². The third-order valence-corrected chi connectivity index (χ3v) is 2.80. The van der Waals surface area contributed by atoms with Gasteiger partial charge in [0.2, 0.25) is 0 Å². The fourth-order valence-corrected chi connectivity index (χ4v) is 1.93. The van der Waals surface area contributed by atoms with E-state index < -0.39 is 11.5 Å². The van der Waals surface area contributed by atoms with Crippen molar-refractivity contribution in [3.63, 3.8) is 0 Å². The van der Waals surface area contributed by atoms with E-state index in [1.54, 1.807) is 12.1 Å². The molecule has 0 spiro atoms. The van der Waals surface area contributed by atoms with Crippen molar-refractivity contribution in [2.45, 2.75) is 6.42 Å². The Hall–Kier alpha value is -2.50.